The first-order valence-corrected chi connectivity index (χ1v) is 6.50. The predicted octanol–water partition coefficient (Wildman–Crippen LogP) is 2.73. The second-order valence-electron chi connectivity index (χ2n) is 4.38. The average Bonchev–Trinajstić information content (AvgIpc) is 2.77. The van der Waals surface area contributed by atoms with Crippen LogP contribution in [0.3, 0.4) is 0 Å². The van der Waals surface area contributed by atoms with Crippen molar-refractivity contribution in [2.45, 2.75) is 26.4 Å². The van der Waals surface area contributed by atoms with Gasteiger partial charge in [-0.1, -0.05) is 5.16 Å². The lowest BCUT2D eigenvalue weighted by Gasteiger charge is -2.17. The Hall–Kier alpha value is -1.27. The molecule has 2 heterocycles. The predicted molar refractivity (Wildman–Crippen MR) is 71.8 cm³/mol. The van der Waals surface area contributed by atoms with Crippen molar-refractivity contribution in [2.75, 3.05) is 7.05 Å². The van der Waals surface area contributed by atoms with Gasteiger partial charge in [0.2, 0.25) is 11.7 Å². The van der Waals surface area contributed by atoms with Gasteiger partial charge in [-0.15, -0.1) is 0 Å². The van der Waals surface area contributed by atoms with Crippen LogP contribution in [-0.2, 0) is 6.54 Å². The fourth-order valence-corrected chi connectivity index (χ4v) is 1.81. The van der Waals surface area contributed by atoms with Gasteiger partial charge >= 0.3 is 0 Å². The largest absolute Gasteiger partial charge is 0.338 e. The van der Waals surface area contributed by atoms with Crippen LogP contribution < -0.4 is 0 Å². The lowest BCUT2D eigenvalue weighted by atomic mass is 10.2. The number of pyridine rings is 1. The van der Waals surface area contributed by atoms with Crippen LogP contribution in [0.4, 0.5) is 0 Å². The van der Waals surface area contributed by atoms with Crippen LogP contribution >= 0.6 is 15.9 Å². The molecule has 18 heavy (non-hydrogen) atoms. The first-order chi connectivity index (χ1) is 8.58. The third-order valence-corrected chi connectivity index (χ3v) is 3.38. The highest BCUT2D eigenvalue weighted by molar-refractivity contribution is 9.10. The molecule has 0 saturated carbocycles. The molecule has 0 radical (unpaired) electrons. The smallest absolute Gasteiger partial charge is 0.241 e. The second kappa shape index (κ2) is 5.58. The summed E-state index contributed by atoms with van der Waals surface area (Å²) in [5.41, 5.74) is 0.882. The second-order valence-corrected chi connectivity index (χ2v) is 5.23. The highest BCUT2D eigenvalue weighted by atomic mass is 79.9. The minimum atomic E-state index is 0.438. The van der Waals surface area contributed by atoms with Gasteiger partial charge in [0.25, 0.3) is 0 Å². The Morgan fingerprint density at radius 2 is 2.22 bits per heavy atom. The van der Waals surface area contributed by atoms with Crippen LogP contribution in [-0.4, -0.2) is 33.1 Å². The van der Waals surface area contributed by atoms with E-state index in [4.69, 9.17) is 4.52 Å². The van der Waals surface area contributed by atoms with Gasteiger partial charge in [0.15, 0.2) is 0 Å². The number of aromatic nitrogens is 3. The zero-order valence-corrected chi connectivity index (χ0v) is 12.2. The van der Waals surface area contributed by atoms with Crippen LogP contribution in [0, 0.1) is 0 Å². The van der Waals surface area contributed by atoms with E-state index < -0.39 is 0 Å². The third-order valence-electron chi connectivity index (χ3n) is 2.75. The number of hydrogen-bond donors (Lipinski definition) is 0. The van der Waals surface area contributed by atoms with Crippen LogP contribution in [0.5, 0.6) is 0 Å². The Labute approximate surface area is 114 Å². The van der Waals surface area contributed by atoms with Gasteiger partial charge in [-0.3, -0.25) is 9.88 Å². The molecule has 0 N–H and O–H groups in total. The summed E-state index contributed by atoms with van der Waals surface area (Å²) >= 11 is 3.42. The van der Waals surface area contributed by atoms with Crippen molar-refractivity contribution < 1.29 is 4.52 Å². The lowest BCUT2D eigenvalue weighted by molar-refractivity contribution is 0.226. The molecule has 0 spiro atoms. The van der Waals surface area contributed by atoms with Gasteiger partial charge in [-0.25, -0.2) is 0 Å². The van der Waals surface area contributed by atoms with Crippen LogP contribution in [0.25, 0.3) is 11.4 Å². The molecule has 5 nitrogen and oxygen atoms in total. The van der Waals surface area contributed by atoms with Crippen molar-refractivity contribution in [1.82, 2.24) is 20.0 Å². The molecule has 0 unspecified atom stereocenters. The molecule has 96 valence electrons. The summed E-state index contributed by atoms with van der Waals surface area (Å²) in [5.74, 6) is 1.20. The summed E-state index contributed by atoms with van der Waals surface area (Å²) in [6, 6.07) is 2.29. The maximum absolute atomic E-state index is 5.25. The van der Waals surface area contributed by atoms with E-state index in [2.05, 4.69) is 49.8 Å². The first kappa shape index (κ1) is 13.2. The molecule has 0 bridgehead atoms. The van der Waals surface area contributed by atoms with Gasteiger partial charge < -0.3 is 4.52 Å². The summed E-state index contributed by atoms with van der Waals surface area (Å²) in [4.78, 5) is 10.5. The zero-order chi connectivity index (χ0) is 13.1. The molecule has 0 aromatic carbocycles. The van der Waals surface area contributed by atoms with Crippen molar-refractivity contribution in [3.63, 3.8) is 0 Å². The molecule has 0 aliphatic rings. The highest BCUT2D eigenvalue weighted by Crippen LogP contribution is 2.24. The molecular weight excluding hydrogens is 296 g/mol. The summed E-state index contributed by atoms with van der Waals surface area (Å²) in [6.07, 6.45) is 3.42. The molecule has 0 amide bonds. The molecule has 0 saturated heterocycles. The Balaban J connectivity index is 2.18. The number of rotatable bonds is 4. The van der Waals surface area contributed by atoms with E-state index in [9.17, 15) is 0 Å². The first-order valence-electron chi connectivity index (χ1n) is 5.70. The normalized spacial score (nSPS) is 11.4. The van der Waals surface area contributed by atoms with Crippen LogP contribution in [0.1, 0.15) is 19.7 Å². The summed E-state index contributed by atoms with van der Waals surface area (Å²) in [6.45, 7) is 4.89. The number of nitrogens with zero attached hydrogens (tertiary/aromatic N) is 4. The molecule has 6 heteroatoms. The molecular formula is C12H15BrN4O. The zero-order valence-electron chi connectivity index (χ0n) is 10.6. The Morgan fingerprint density at radius 1 is 1.44 bits per heavy atom. The monoisotopic (exact) mass is 310 g/mol. The number of hydrogen-bond acceptors (Lipinski definition) is 5. The minimum Gasteiger partial charge on any atom is -0.338 e. The summed E-state index contributed by atoms with van der Waals surface area (Å²) in [5, 5.41) is 3.99. The molecule has 0 aliphatic heterocycles. The van der Waals surface area contributed by atoms with Gasteiger partial charge in [0.1, 0.15) is 0 Å². The van der Waals surface area contributed by atoms with Crippen LogP contribution in [0.2, 0.25) is 0 Å². The Kier molecular flexibility index (Phi) is 4.08. The molecule has 0 atom stereocenters. The molecule has 2 rings (SSSR count). The molecule has 0 fully saturated rings. The van der Waals surface area contributed by atoms with E-state index in [1.165, 1.54) is 0 Å². The SMILES string of the molecule is CC(C)N(C)Cc1nc(-c2ccncc2Br)no1. The van der Waals surface area contributed by atoms with Crippen molar-refractivity contribution in [1.29, 1.82) is 0 Å². The fraction of sp³-hybridized carbons (Fsp3) is 0.417. The van der Waals surface area contributed by atoms with Crippen molar-refractivity contribution in [2.24, 2.45) is 0 Å². The number of halogens is 1. The minimum absolute atomic E-state index is 0.438. The fourth-order valence-electron chi connectivity index (χ4n) is 1.38. The van der Waals surface area contributed by atoms with E-state index in [1.54, 1.807) is 12.4 Å². The van der Waals surface area contributed by atoms with Crippen molar-refractivity contribution in [3.05, 3.63) is 28.8 Å². The maximum atomic E-state index is 5.25. The highest BCUT2D eigenvalue weighted by Gasteiger charge is 2.13. The Morgan fingerprint density at radius 3 is 2.89 bits per heavy atom. The van der Waals surface area contributed by atoms with E-state index in [-0.39, 0.29) is 0 Å². The van der Waals surface area contributed by atoms with Crippen molar-refractivity contribution >= 4 is 15.9 Å². The van der Waals surface area contributed by atoms with Gasteiger partial charge in [-0.2, -0.15) is 4.98 Å². The lowest BCUT2D eigenvalue weighted by Crippen LogP contribution is -2.25. The van der Waals surface area contributed by atoms with Crippen molar-refractivity contribution in [3.8, 4) is 11.4 Å². The van der Waals surface area contributed by atoms with Crippen LogP contribution in [0.15, 0.2) is 27.5 Å². The summed E-state index contributed by atoms with van der Waals surface area (Å²) < 4.78 is 6.11. The molecule has 2 aromatic rings. The quantitative estimate of drug-likeness (QED) is 0.869. The van der Waals surface area contributed by atoms with E-state index in [0.717, 1.165) is 10.0 Å². The average molecular weight is 311 g/mol. The van der Waals surface area contributed by atoms with Gasteiger partial charge in [-0.05, 0) is 42.9 Å². The molecule has 0 aliphatic carbocycles. The van der Waals surface area contributed by atoms with E-state index in [1.807, 2.05) is 13.1 Å². The Bertz CT molecular complexity index is 526. The standard InChI is InChI=1S/C12H15BrN4O/c1-8(2)17(3)7-11-15-12(16-18-11)9-4-5-14-6-10(9)13/h4-6,8H,7H2,1-3H3. The topological polar surface area (TPSA) is 55.1 Å². The molecule has 2 aromatic heterocycles. The van der Waals surface area contributed by atoms with E-state index >= 15 is 0 Å². The van der Waals surface area contributed by atoms with Gasteiger partial charge in [0.05, 0.1) is 6.54 Å². The summed E-state index contributed by atoms with van der Waals surface area (Å²) in [7, 11) is 2.02. The van der Waals surface area contributed by atoms with E-state index in [0.29, 0.717) is 24.3 Å². The maximum Gasteiger partial charge on any atom is 0.241 e. The third kappa shape index (κ3) is 2.94. The van der Waals surface area contributed by atoms with Gasteiger partial charge in [0, 0.05) is 28.5 Å².